The highest BCUT2D eigenvalue weighted by Crippen LogP contribution is 2.38. The van der Waals surface area contributed by atoms with Gasteiger partial charge >= 0.3 is 0 Å². The number of aromatic amines is 1. The number of thiophene rings is 1. The average molecular weight is 325 g/mol. The van der Waals surface area contributed by atoms with Crippen LogP contribution in [-0.4, -0.2) is 11.1 Å². The lowest BCUT2D eigenvalue weighted by Gasteiger charge is -2.24. The van der Waals surface area contributed by atoms with E-state index in [9.17, 15) is 4.79 Å². The molecule has 3 nitrogen and oxygen atoms in total. The van der Waals surface area contributed by atoms with Crippen molar-refractivity contribution in [2.75, 3.05) is 0 Å². The predicted molar refractivity (Wildman–Crippen MR) is 95.4 cm³/mol. The minimum atomic E-state index is -0.0237. The molecule has 0 spiro atoms. The van der Waals surface area contributed by atoms with Gasteiger partial charge in [0.15, 0.2) is 0 Å². The van der Waals surface area contributed by atoms with Gasteiger partial charge in [0.2, 0.25) is 0 Å². The molecule has 1 saturated carbocycles. The fraction of sp³-hybridized carbons (Fsp3) is 0.316. The number of hydrogen-bond donors (Lipinski definition) is 1. The molecule has 0 aliphatic heterocycles. The summed E-state index contributed by atoms with van der Waals surface area (Å²) in [6.45, 7) is 0. The van der Waals surface area contributed by atoms with E-state index in [-0.39, 0.29) is 5.56 Å². The maximum atomic E-state index is 11.9. The highest BCUT2D eigenvalue weighted by molar-refractivity contribution is 7.17. The zero-order valence-electron chi connectivity index (χ0n) is 12.9. The van der Waals surface area contributed by atoms with E-state index < -0.39 is 0 Å². The minimum absolute atomic E-state index is 0.0237. The molecule has 4 rings (SSSR count). The summed E-state index contributed by atoms with van der Waals surface area (Å²) in [5.41, 5.74) is 2.14. The molecule has 4 heteroatoms. The van der Waals surface area contributed by atoms with Crippen molar-refractivity contribution in [1.82, 2.24) is 4.98 Å². The maximum absolute atomic E-state index is 11.9. The van der Waals surface area contributed by atoms with E-state index in [0.29, 0.717) is 6.10 Å². The van der Waals surface area contributed by atoms with E-state index in [4.69, 9.17) is 4.74 Å². The quantitative estimate of drug-likeness (QED) is 0.739. The first-order chi connectivity index (χ1) is 11.3. The highest BCUT2D eigenvalue weighted by atomic mass is 32.1. The highest BCUT2D eigenvalue weighted by Gasteiger charge is 2.18. The summed E-state index contributed by atoms with van der Waals surface area (Å²) in [7, 11) is 0. The number of fused-ring (bicyclic) bond motifs is 1. The fourth-order valence-corrected chi connectivity index (χ4v) is 4.30. The first kappa shape index (κ1) is 14.5. The van der Waals surface area contributed by atoms with Gasteiger partial charge in [-0.25, -0.2) is 0 Å². The van der Waals surface area contributed by atoms with Gasteiger partial charge in [-0.1, -0.05) is 24.6 Å². The number of pyridine rings is 1. The molecule has 0 bridgehead atoms. The Morgan fingerprint density at radius 2 is 1.87 bits per heavy atom. The van der Waals surface area contributed by atoms with Crippen LogP contribution >= 0.6 is 11.3 Å². The summed E-state index contributed by atoms with van der Waals surface area (Å²) in [6.07, 6.45) is 8.13. The second-order valence-corrected chi connectivity index (χ2v) is 6.95. The molecule has 0 saturated heterocycles. The lowest BCUT2D eigenvalue weighted by molar-refractivity contribution is 0.156. The zero-order chi connectivity index (χ0) is 15.6. The van der Waals surface area contributed by atoms with Gasteiger partial charge in [0.25, 0.3) is 5.56 Å². The number of nitrogens with one attached hydrogen (secondary N) is 1. The fourth-order valence-electron chi connectivity index (χ4n) is 3.34. The normalized spacial score (nSPS) is 15.8. The van der Waals surface area contributed by atoms with Crippen molar-refractivity contribution < 1.29 is 4.74 Å². The molecule has 1 aliphatic rings. The van der Waals surface area contributed by atoms with Crippen LogP contribution in [0.15, 0.2) is 46.7 Å². The van der Waals surface area contributed by atoms with Crippen LogP contribution < -0.4 is 10.3 Å². The van der Waals surface area contributed by atoms with Crippen LogP contribution in [0.4, 0.5) is 0 Å². The third kappa shape index (κ3) is 2.79. The molecule has 23 heavy (non-hydrogen) atoms. The number of H-pyrrole nitrogens is 1. The van der Waals surface area contributed by atoms with Gasteiger partial charge in [-0.2, -0.15) is 0 Å². The van der Waals surface area contributed by atoms with Crippen LogP contribution in [0.3, 0.4) is 0 Å². The summed E-state index contributed by atoms with van der Waals surface area (Å²) in [5.74, 6) is 0.930. The van der Waals surface area contributed by atoms with Crippen molar-refractivity contribution in [1.29, 1.82) is 0 Å². The Morgan fingerprint density at radius 3 is 2.74 bits per heavy atom. The van der Waals surface area contributed by atoms with Gasteiger partial charge in [-0.3, -0.25) is 4.79 Å². The number of rotatable bonds is 3. The molecule has 1 aromatic carbocycles. The number of ether oxygens (including phenoxy) is 1. The molecule has 0 unspecified atom stereocenters. The molecule has 3 aromatic rings. The average Bonchev–Trinajstić information content (AvgIpc) is 3.02. The van der Waals surface area contributed by atoms with Crippen LogP contribution in [0.2, 0.25) is 0 Å². The van der Waals surface area contributed by atoms with Gasteiger partial charge in [0, 0.05) is 28.1 Å². The van der Waals surface area contributed by atoms with Crippen molar-refractivity contribution in [2.45, 2.75) is 38.2 Å². The first-order valence-electron chi connectivity index (χ1n) is 8.18. The SMILES string of the molecule is O=c1[nH]ccc2c(-c3ccccc3OC3CCCCC3)csc12. The predicted octanol–water partition coefficient (Wildman–Crippen LogP) is 4.97. The van der Waals surface area contributed by atoms with Gasteiger partial charge in [-0.05, 0) is 37.8 Å². The van der Waals surface area contributed by atoms with Crippen molar-refractivity contribution in [3.8, 4) is 16.9 Å². The van der Waals surface area contributed by atoms with E-state index in [0.717, 1.165) is 39.8 Å². The van der Waals surface area contributed by atoms with Crippen LogP contribution in [0, 0.1) is 0 Å². The van der Waals surface area contributed by atoms with Crippen LogP contribution in [0.1, 0.15) is 32.1 Å². The lowest BCUT2D eigenvalue weighted by Crippen LogP contribution is -2.19. The van der Waals surface area contributed by atoms with Crippen molar-refractivity contribution in [2.24, 2.45) is 0 Å². The second-order valence-electron chi connectivity index (χ2n) is 6.07. The molecule has 1 N–H and O–H groups in total. The number of para-hydroxylation sites is 1. The van der Waals surface area contributed by atoms with E-state index in [1.807, 2.05) is 24.3 Å². The molecule has 0 radical (unpaired) electrons. The molecular formula is C19H19NO2S. The summed E-state index contributed by atoms with van der Waals surface area (Å²) >= 11 is 1.49. The minimum Gasteiger partial charge on any atom is -0.490 e. The molecular weight excluding hydrogens is 306 g/mol. The monoisotopic (exact) mass is 325 g/mol. The van der Waals surface area contributed by atoms with E-state index in [2.05, 4.69) is 16.4 Å². The molecule has 1 aliphatic carbocycles. The Morgan fingerprint density at radius 1 is 1.04 bits per heavy atom. The molecule has 2 aromatic heterocycles. The Balaban J connectivity index is 1.76. The third-order valence-corrected chi connectivity index (χ3v) is 5.52. The molecule has 0 atom stereocenters. The van der Waals surface area contributed by atoms with Gasteiger partial charge in [0.1, 0.15) is 10.4 Å². The van der Waals surface area contributed by atoms with E-state index >= 15 is 0 Å². The number of aromatic nitrogens is 1. The smallest absolute Gasteiger partial charge is 0.265 e. The summed E-state index contributed by atoms with van der Waals surface area (Å²) in [5, 5.41) is 3.06. The largest absolute Gasteiger partial charge is 0.490 e. The number of hydrogen-bond acceptors (Lipinski definition) is 3. The Kier molecular flexibility index (Phi) is 3.92. The Bertz CT molecular complexity index is 874. The Hall–Kier alpha value is -2.07. The van der Waals surface area contributed by atoms with Crippen molar-refractivity contribution in [3.05, 3.63) is 52.3 Å². The van der Waals surface area contributed by atoms with Gasteiger partial charge in [-0.15, -0.1) is 11.3 Å². The van der Waals surface area contributed by atoms with Gasteiger partial charge in [0.05, 0.1) is 6.10 Å². The number of benzene rings is 1. The second kappa shape index (κ2) is 6.20. The lowest BCUT2D eigenvalue weighted by atomic mass is 9.97. The van der Waals surface area contributed by atoms with Gasteiger partial charge < -0.3 is 9.72 Å². The Labute approximate surface area is 138 Å². The molecule has 1 fully saturated rings. The summed E-state index contributed by atoms with van der Waals surface area (Å²) in [6, 6.07) is 10.1. The topological polar surface area (TPSA) is 42.1 Å². The maximum Gasteiger partial charge on any atom is 0.265 e. The first-order valence-corrected chi connectivity index (χ1v) is 9.06. The van der Waals surface area contributed by atoms with Crippen LogP contribution in [0.25, 0.3) is 21.2 Å². The van der Waals surface area contributed by atoms with Crippen molar-refractivity contribution in [3.63, 3.8) is 0 Å². The third-order valence-electron chi connectivity index (χ3n) is 4.52. The summed E-state index contributed by atoms with van der Waals surface area (Å²) < 4.78 is 7.08. The van der Waals surface area contributed by atoms with Crippen LogP contribution in [-0.2, 0) is 0 Å². The molecule has 0 amide bonds. The van der Waals surface area contributed by atoms with E-state index in [1.165, 1.54) is 30.6 Å². The summed E-state index contributed by atoms with van der Waals surface area (Å²) in [4.78, 5) is 14.7. The zero-order valence-corrected chi connectivity index (χ0v) is 13.7. The molecule has 118 valence electrons. The van der Waals surface area contributed by atoms with Crippen LogP contribution in [0.5, 0.6) is 5.75 Å². The standard InChI is InChI=1S/C19H19NO2S/c21-19-18-15(10-11-20-19)16(12-23-18)14-8-4-5-9-17(14)22-13-6-2-1-3-7-13/h4-5,8-13H,1-3,6-7H2,(H,20,21). The van der Waals surface area contributed by atoms with E-state index in [1.54, 1.807) is 6.20 Å². The molecule has 2 heterocycles. The van der Waals surface area contributed by atoms with Crippen molar-refractivity contribution >= 4 is 21.4 Å².